The molecule has 2 atom stereocenters. The topological polar surface area (TPSA) is 40.5 Å². The maximum Gasteiger partial charge on any atom is 0.222 e. The van der Waals surface area contributed by atoms with E-state index in [0.29, 0.717) is 6.42 Å². The standard InChI is InChI=1S/C14H27NO2/c1-3-4-5-6-11-14(17)15(2)12-9-7-8-10-13(12)16/h12-13,16H,3-11H2,1-2H3. The Morgan fingerprint density at radius 2 is 1.94 bits per heavy atom. The first-order valence-electron chi connectivity index (χ1n) is 7.10. The van der Waals surface area contributed by atoms with Crippen LogP contribution < -0.4 is 0 Å². The minimum atomic E-state index is -0.312. The zero-order valence-electron chi connectivity index (χ0n) is 11.3. The quantitative estimate of drug-likeness (QED) is 0.726. The van der Waals surface area contributed by atoms with Crippen LogP contribution in [0.25, 0.3) is 0 Å². The molecule has 1 saturated carbocycles. The highest BCUT2D eigenvalue weighted by Gasteiger charge is 2.28. The lowest BCUT2D eigenvalue weighted by Crippen LogP contribution is -2.46. The van der Waals surface area contributed by atoms with Gasteiger partial charge in [-0.15, -0.1) is 0 Å². The van der Waals surface area contributed by atoms with Crippen LogP contribution in [0.3, 0.4) is 0 Å². The number of rotatable bonds is 6. The number of aliphatic hydroxyl groups is 1. The van der Waals surface area contributed by atoms with E-state index in [0.717, 1.165) is 38.5 Å². The van der Waals surface area contributed by atoms with Crippen LogP contribution in [0, 0.1) is 0 Å². The fourth-order valence-corrected chi connectivity index (χ4v) is 2.61. The molecule has 1 fully saturated rings. The van der Waals surface area contributed by atoms with Crippen molar-refractivity contribution in [2.45, 2.75) is 76.9 Å². The summed E-state index contributed by atoms with van der Waals surface area (Å²) in [6.45, 7) is 2.17. The summed E-state index contributed by atoms with van der Waals surface area (Å²) in [5.74, 6) is 0.201. The van der Waals surface area contributed by atoms with E-state index in [-0.39, 0.29) is 18.1 Å². The largest absolute Gasteiger partial charge is 0.391 e. The van der Waals surface area contributed by atoms with Crippen LogP contribution in [0.15, 0.2) is 0 Å². The van der Waals surface area contributed by atoms with Gasteiger partial charge in [-0.1, -0.05) is 39.0 Å². The molecular formula is C14H27NO2. The van der Waals surface area contributed by atoms with Crippen LogP contribution in [0.2, 0.25) is 0 Å². The molecule has 0 aromatic carbocycles. The fourth-order valence-electron chi connectivity index (χ4n) is 2.61. The molecule has 17 heavy (non-hydrogen) atoms. The van der Waals surface area contributed by atoms with E-state index in [9.17, 15) is 9.90 Å². The Morgan fingerprint density at radius 1 is 1.24 bits per heavy atom. The predicted molar refractivity (Wildman–Crippen MR) is 69.8 cm³/mol. The first-order valence-corrected chi connectivity index (χ1v) is 7.10. The van der Waals surface area contributed by atoms with Crippen LogP contribution in [-0.2, 0) is 4.79 Å². The molecule has 0 radical (unpaired) electrons. The molecule has 0 aromatic heterocycles. The van der Waals surface area contributed by atoms with Gasteiger partial charge in [0.15, 0.2) is 0 Å². The van der Waals surface area contributed by atoms with E-state index < -0.39 is 0 Å². The minimum absolute atomic E-state index is 0.0578. The van der Waals surface area contributed by atoms with Crippen molar-refractivity contribution in [3.05, 3.63) is 0 Å². The van der Waals surface area contributed by atoms with Crippen molar-refractivity contribution in [2.24, 2.45) is 0 Å². The molecule has 1 aliphatic rings. The maximum atomic E-state index is 12.0. The fraction of sp³-hybridized carbons (Fsp3) is 0.929. The summed E-state index contributed by atoms with van der Waals surface area (Å²) in [4.78, 5) is 13.8. The highest BCUT2D eigenvalue weighted by Crippen LogP contribution is 2.23. The van der Waals surface area contributed by atoms with Gasteiger partial charge in [-0.05, 0) is 19.3 Å². The number of nitrogens with zero attached hydrogens (tertiary/aromatic N) is 1. The molecule has 0 spiro atoms. The zero-order chi connectivity index (χ0) is 12.7. The number of carbonyl (C=O) groups is 1. The van der Waals surface area contributed by atoms with Gasteiger partial charge in [0.05, 0.1) is 12.1 Å². The van der Waals surface area contributed by atoms with Gasteiger partial charge in [0, 0.05) is 13.5 Å². The van der Waals surface area contributed by atoms with E-state index in [1.807, 2.05) is 7.05 Å². The SMILES string of the molecule is CCCCCCC(=O)N(C)C1CCCCC1O. The summed E-state index contributed by atoms with van der Waals surface area (Å²) < 4.78 is 0. The molecule has 0 aliphatic heterocycles. The number of unbranched alkanes of at least 4 members (excludes halogenated alkanes) is 3. The molecule has 0 bridgehead atoms. The summed E-state index contributed by atoms with van der Waals surface area (Å²) in [6, 6.07) is 0.0578. The Morgan fingerprint density at radius 3 is 2.59 bits per heavy atom. The highest BCUT2D eigenvalue weighted by molar-refractivity contribution is 5.76. The highest BCUT2D eigenvalue weighted by atomic mass is 16.3. The molecule has 3 heteroatoms. The van der Waals surface area contributed by atoms with Crippen LogP contribution in [0.5, 0.6) is 0 Å². The summed E-state index contributed by atoms with van der Waals surface area (Å²) >= 11 is 0. The third kappa shape index (κ3) is 4.66. The molecule has 100 valence electrons. The van der Waals surface area contributed by atoms with E-state index >= 15 is 0 Å². The second-order valence-corrected chi connectivity index (χ2v) is 5.23. The molecule has 1 amide bonds. The molecule has 0 aromatic rings. The third-order valence-electron chi connectivity index (χ3n) is 3.83. The average Bonchev–Trinajstić information content (AvgIpc) is 2.34. The molecule has 2 unspecified atom stereocenters. The summed E-state index contributed by atoms with van der Waals surface area (Å²) in [6.07, 6.45) is 8.90. The van der Waals surface area contributed by atoms with Crippen LogP contribution in [0.4, 0.5) is 0 Å². The number of hydrogen-bond donors (Lipinski definition) is 1. The lowest BCUT2D eigenvalue weighted by Gasteiger charge is -2.35. The summed E-state index contributed by atoms with van der Waals surface area (Å²) in [5.41, 5.74) is 0. The third-order valence-corrected chi connectivity index (χ3v) is 3.83. The first kappa shape index (κ1) is 14.5. The molecule has 1 rings (SSSR count). The van der Waals surface area contributed by atoms with Gasteiger partial charge in [-0.2, -0.15) is 0 Å². The normalized spacial score (nSPS) is 24.6. The number of hydrogen-bond acceptors (Lipinski definition) is 2. The Hall–Kier alpha value is -0.570. The Balaban J connectivity index is 2.29. The molecular weight excluding hydrogens is 214 g/mol. The molecule has 1 aliphatic carbocycles. The van der Waals surface area contributed by atoms with E-state index in [2.05, 4.69) is 6.92 Å². The number of amides is 1. The van der Waals surface area contributed by atoms with Crippen molar-refractivity contribution >= 4 is 5.91 Å². The van der Waals surface area contributed by atoms with E-state index in [4.69, 9.17) is 0 Å². The van der Waals surface area contributed by atoms with Crippen molar-refractivity contribution in [3.63, 3.8) is 0 Å². The second-order valence-electron chi connectivity index (χ2n) is 5.23. The zero-order valence-corrected chi connectivity index (χ0v) is 11.3. The molecule has 3 nitrogen and oxygen atoms in total. The monoisotopic (exact) mass is 241 g/mol. The summed E-state index contributed by atoms with van der Waals surface area (Å²) in [7, 11) is 1.85. The van der Waals surface area contributed by atoms with Crippen molar-refractivity contribution in [3.8, 4) is 0 Å². The van der Waals surface area contributed by atoms with Crippen LogP contribution >= 0.6 is 0 Å². The van der Waals surface area contributed by atoms with Gasteiger partial charge in [-0.25, -0.2) is 0 Å². The van der Waals surface area contributed by atoms with Gasteiger partial charge in [0.2, 0.25) is 5.91 Å². The van der Waals surface area contributed by atoms with E-state index in [1.54, 1.807) is 4.90 Å². The van der Waals surface area contributed by atoms with Gasteiger partial charge in [-0.3, -0.25) is 4.79 Å². The first-order chi connectivity index (χ1) is 8.16. The van der Waals surface area contributed by atoms with Gasteiger partial charge >= 0.3 is 0 Å². The van der Waals surface area contributed by atoms with Crippen LogP contribution in [0.1, 0.15) is 64.7 Å². The van der Waals surface area contributed by atoms with Crippen molar-refractivity contribution < 1.29 is 9.90 Å². The maximum absolute atomic E-state index is 12.0. The van der Waals surface area contributed by atoms with E-state index in [1.165, 1.54) is 12.8 Å². The minimum Gasteiger partial charge on any atom is -0.391 e. The van der Waals surface area contributed by atoms with Gasteiger partial charge in [0.1, 0.15) is 0 Å². The van der Waals surface area contributed by atoms with Crippen molar-refractivity contribution in [2.75, 3.05) is 7.05 Å². The number of likely N-dealkylation sites (N-methyl/N-ethyl adjacent to an activating group) is 1. The lowest BCUT2D eigenvalue weighted by molar-refractivity contribution is -0.135. The average molecular weight is 241 g/mol. The molecule has 1 N–H and O–H groups in total. The van der Waals surface area contributed by atoms with Crippen molar-refractivity contribution in [1.82, 2.24) is 4.90 Å². The van der Waals surface area contributed by atoms with Crippen molar-refractivity contribution in [1.29, 1.82) is 0 Å². The Kier molecular flexibility index (Phi) is 6.56. The predicted octanol–water partition coefficient (Wildman–Crippen LogP) is 2.72. The Bertz CT molecular complexity index is 230. The lowest BCUT2D eigenvalue weighted by atomic mass is 9.91. The molecule has 0 heterocycles. The van der Waals surface area contributed by atoms with Gasteiger partial charge < -0.3 is 10.0 Å². The molecule has 0 saturated heterocycles. The smallest absolute Gasteiger partial charge is 0.222 e. The summed E-state index contributed by atoms with van der Waals surface area (Å²) in [5, 5.41) is 9.90. The second kappa shape index (κ2) is 7.70. The number of aliphatic hydroxyl groups excluding tert-OH is 1. The Labute approximate surface area is 105 Å². The number of carbonyl (C=O) groups excluding carboxylic acids is 1. The van der Waals surface area contributed by atoms with Crippen LogP contribution in [-0.4, -0.2) is 35.1 Å². The van der Waals surface area contributed by atoms with Gasteiger partial charge in [0.25, 0.3) is 0 Å².